The van der Waals surface area contributed by atoms with Crippen molar-refractivity contribution in [3.05, 3.63) is 77.0 Å². The van der Waals surface area contributed by atoms with E-state index in [0.29, 0.717) is 24.2 Å². The number of amides is 1. The first-order valence-electron chi connectivity index (χ1n) is 14.1. The fourth-order valence-corrected chi connectivity index (χ4v) is 5.59. The maximum absolute atomic E-state index is 14.7. The van der Waals surface area contributed by atoms with Gasteiger partial charge in [-0.25, -0.2) is 28.1 Å². The molecule has 3 unspecified atom stereocenters. The van der Waals surface area contributed by atoms with E-state index < -0.39 is 29.3 Å². The Hall–Kier alpha value is -4.14. The van der Waals surface area contributed by atoms with Crippen molar-refractivity contribution >= 4 is 29.1 Å². The third-order valence-electron chi connectivity index (χ3n) is 8.00. The first-order valence-corrected chi connectivity index (χ1v) is 14.5. The number of benzene rings is 1. The van der Waals surface area contributed by atoms with Gasteiger partial charge in [0, 0.05) is 67.5 Å². The average Bonchev–Trinajstić information content (AvgIpc) is 3.65. The van der Waals surface area contributed by atoms with E-state index in [0.717, 1.165) is 62.6 Å². The summed E-state index contributed by atoms with van der Waals surface area (Å²) >= 11 is 5.82. The van der Waals surface area contributed by atoms with Gasteiger partial charge in [0.1, 0.15) is 5.69 Å². The van der Waals surface area contributed by atoms with Gasteiger partial charge in [-0.2, -0.15) is 5.10 Å². The molecule has 2 saturated heterocycles. The molecule has 11 nitrogen and oxygen atoms in total. The second-order valence-corrected chi connectivity index (χ2v) is 11.3. The monoisotopic (exact) mass is 627 g/mol. The summed E-state index contributed by atoms with van der Waals surface area (Å²) in [6.07, 6.45) is 7.45. The van der Waals surface area contributed by atoms with E-state index in [2.05, 4.69) is 40.2 Å². The highest BCUT2D eigenvalue weighted by molar-refractivity contribution is 6.31. The lowest BCUT2D eigenvalue weighted by Gasteiger charge is -2.42. The number of nitrogens with zero attached hydrogens (tertiary/aromatic N) is 8. The van der Waals surface area contributed by atoms with Crippen LogP contribution in [0, 0.1) is 5.82 Å². The van der Waals surface area contributed by atoms with E-state index in [1.54, 1.807) is 23.3 Å². The number of aliphatic hydroxyl groups is 1. The van der Waals surface area contributed by atoms with Crippen LogP contribution in [0.4, 0.5) is 24.8 Å². The summed E-state index contributed by atoms with van der Waals surface area (Å²) in [6, 6.07) is 2.12. The normalized spacial score (nSPS) is 19.3. The Morgan fingerprint density at radius 3 is 2.61 bits per heavy atom. The lowest BCUT2D eigenvalue weighted by molar-refractivity contribution is 0.102. The molecular formula is C29H29ClF3N9O2. The number of β-amino-alcohol motifs (C(OH)–C–C–N with tert-alkyl or cyclic N) is 1. The molecule has 2 fully saturated rings. The number of hydrogen-bond donors (Lipinski definition) is 2. The standard InChI is InChI=1S/C29H29ClF3N9O2/c1-16(17-8-35-29(36-9-17)41-7-4-19(41)14-40-6-5-20(43)15-40)42-13-18(10-37-42)38-28(44)24-12-34-11-23(39-24)25-21(27(32)33)2-3-22(30)26(25)31/h2-3,8-13,16,19-20,27,43H,4-7,14-15H2,1H3,(H,38,44). The van der Waals surface area contributed by atoms with Gasteiger partial charge in [0.25, 0.3) is 12.3 Å². The number of hydrogen-bond acceptors (Lipinski definition) is 9. The molecule has 15 heteroatoms. The summed E-state index contributed by atoms with van der Waals surface area (Å²) in [6.45, 7) is 5.29. The van der Waals surface area contributed by atoms with Gasteiger partial charge in [0.2, 0.25) is 5.95 Å². The molecule has 5 heterocycles. The van der Waals surface area contributed by atoms with Crippen LogP contribution >= 0.6 is 11.6 Å². The van der Waals surface area contributed by atoms with Crippen molar-refractivity contribution in [1.82, 2.24) is 34.6 Å². The van der Waals surface area contributed by atoms with Crippen LogP contribution in [0.5, 0.6) is 0 Å². The molecule has 0 spiro atoms. The number of likely N-dealkylation sites (tertiary alicyclic amines) is 1. The summed E-state index contributed by atoms with van der Waals surface area (Å²) < 4.78 is 43.5. The van der Waals surface area contributed by atoms with E-state index in [1.165, 1.54) is 6.20 Å². The van der Waals surface area contributed by atoms with Gasteiger partial charge < -0.3 is 15.3 Å². The van der Waals surface area contributed by atoms with Crippen LogP contribution in [0.1, 0.15) is 53.8 Å². The van der Waals surface area contributed by atoms with Crippen LogP contribution in [0.3, 0.4) is 0 Å². The first-order chi connectivity index (χ1) is 21.2. The van der Waals surface area contributed by atoms with Crippen molar-refractivity contribution in [2.45, 2.75) is 44.4 Å². The molecule has 4 aromatic rings. The Morgan fingerprint density at radius 1 is 1.14 bits per heavy atom. The van der Waals surface area contributed by atoms with Gasteiger partial charge in [-0.1, -0.05) is 17.7 Å². The Labute approximate surface area is 255 Å². The van der Waals surface area contributed by atoms with Crippen molar-refractivity contribution in [1.29, 1.82) is 0 Å². The van der Waals surface area contributed by atoms with Crippen LogP contribution in [-0.4, -0.2) is 84.0 Å². The molecule has 0 aliphatic carbocycles. The number of anilines is 2. The van der Waals surface area contributed by atoms with Gasteiger partial charge in [0.15, 0.2) is 5.82 Å². The van der Waals surface area contributed by atoms with E-state index >= 15 is 0 Å². The third kappa shape index (κ3) is 6.10. The molecule has 2 N–H and O–H groups in total. The quantitative estimate of drug-likeness (QED) is 0.278. The molecule has 6 rings (SSSR count). The molecule has 0 bridgehead atoms. The molecule has 0 radical (unpaired) electrons. The van der Waals surface area contributed by atoms with Crippen molar-refractivity contribution in [3.63, 3.8) is 0 Å². The number of carbonyl (C=O) groups is 1. The van der Waals surface area contributed by atoms with E-state index in [4.69, 9.17) is 11.6 Å². The minimum absolute atomic E-state index is 0.211. The lowest BCUT2D eigenvalue weighted by atomic mass is 10.0. The predicted molar refractivity (Wildman–Crippen MR) is 156 cm³/mol. The van der Waals surface area contributed by atoms with Crippen molar-refractivity contribution in [2.24, 2.45) is 0 Å². The fraction of sp³-hybridized carbons (Fsp3) is 0.379. The van der Waals surface area contributed by atoms with Gasteiger partial charge in [-0.05, 0) is 25.8 Å². The Kier molecular flexibility index (Phi) is 8.47. The second kappa shape index (κ2) is 12.5. The number of carbonyl (C=O) groups excluding carboxylic acids is 1. The molecule has 1 amide bonds. The summed E-state index contributed by atoms with van der Waals surface area (Å²) in [4.78, 5) is 34.5. The maximum atomic E-state index is 14.7. The van der Waals surface area contributed by atoms with Crippen molar-refractivity contribution in [3.8, 4) is 11.3 Å². The molecule has 2 aliphatic rings. The second-order valence-electron chi connectivity index (χ2n) is 10.9. The maximum Gasteiger partial charge on any atom is 0.275 e. The highest BCUT2D eigenvalue weighted by Crippen LogP contribution is 2.35. The van der Waals surface area contributed by atoms with Crippen LogP contribution in [0.15, 0.2) is 49.3 Å². The number of nitrogens with one attached hydrogen (secondary N) is 1. The zero-order valence-corrected chi connectivity index (χ0v) is 24.4. The fourth-order valence-electron chi connectivity index (χ4n) is 5.43. The number of alkyl halides is 2. The topological polar surface area (TPSA) is 125 Å². The third-order valence-corrected chi connectivity index (χ3v) is 8.29. The molecular weight excluding hydrogens is 599 g/mol. The molecule has 2 aliphatic heterocycles. The number of halogens is 4. The first kappa shape index (κ1) is 29.9. The SMILES string of the molecule is CC(c1cnc(N2CCC2CN2CCC(O)C2)nc1)n1cc(NC(=O)c2cncc(-c3c(C(F)F)ccc(Cl)c3F)n2)cn1. The Morgan fingerprint density at radius 2 is 1.93 bits per heavy atom. The van der Waals surface area contributed by atoms with Crippen molar-refractivity contribution < 1.29 is 23.1 Å². The van der Waals surface area contributed by atoms with Crippen LogP contribution in [0.2, 0.25) is 5.02 Å². The zero-order valence-electron chi connectivity index (χ0n) is 23.6. The average molecular weight is 628 g/mol. The van der Waals surface area contributed by atoms with Crippen molar-refractivity contribution in [2.75, 3.05) is 36.4 Å². The molecule has 3 aromatic heterocycles. The summed E-state index contributed by atoms with van der Waals surface area (Å²) in [5.74, 6) is -1.10. The predicted octanol–water partition coefficient (Wildman–Crippen LogP) is 4.37. The largest absolute Gasteiger partial charge is 0.392 e. The Balaban J connectivity index is 1.11. The zero-order chi connectivity index (χ0) is 31.0. The highest BCUT2D eigenvalue weighted by Gasteiger charge is 2.33. The van der Waals surface area contributed by atoms with Crippen LogP contribution < -0.4 is 10.2 Å². The molecule has 230 valence electrons. The Bertz CT molecular complexity index is 1660. The van der Waals surface area contributed by atoms with Gasteiger partial charge in [0.05, 0.1) is 47.1 Å². The number of aromatic nitrogens is 6. The molecule has 44 heavy (non-hydrogen) atoms. The van der Waals surface area contributed by atoms with Gasteiger partial charge in [-0.15, -0.1) is 0 Å². The number of aliphatic hydroxyl groups excluding tert-OH is 1. The van der Waals surface area contributed by atoms with E-state index in [-0.39, 0.29) is 28.6 Å². The van der Waals surface area contributed by atoms with E-state index in [1.807, 2.05) is 6.92 Å². The molecule has 1 aromatic carbocycles. The number of rotatable bonds is 9. The highest BCUT2D eigenvalue weighted by atomic mass is 35.5. The van der Waals surface area contributed by atoms with Gasteiger partial charge >= 0.3 is 0 Å². The van der Waals surface area contributed by atoms with Crippen LogP contribution in [0.25, 0.3) is 11.3 Å². The molecule has 0 saturated carbocycles. The summed E-state index contributed by atoms with van der Waals surface area (Å²) in [5, 5.41) is 16.4. The van der Waals surface area contributed by atoms with E-state index in [9.17, 15) is 23.1 Å². The smallest absolute Gasteiger partial charge is 0.275 e. The lowest BCUT2D eigenvalue weighted by Crippen LogP contribution is -2.54. The van der Waals surface area contributed by atoms with Crippen LogP contribution in [-0.2, 0) is 0 Å². The summed E-state index contributed by atoms with van der Waals surface area (Å²) in [5.41, 5.74) is -0.424. The van der Waals surface area contributed by atoms with Gasteiger partial charge in [-0.3, -0.25) is 19.4 Å². The minimum atomic E-state index is -2.99. The molecule has 3 atom stereocenters. The summed E-state index contributed by atoms with van der Waals surface area (Å²) in [7, 11) is 0. The minimum Gasteiger partial charge on any atom is -0.392 e.